The van der Waals surface area contributed by atoms with Gasteiger partial charge >= 0.3 is 0 Å². The Balaban J connectivity index is 1.41. The highest BCUT2D eigenvalue weighted by Crippen LogP contribution is 2.33. The van der Waals surface area contributed by atoms with Crippen LogP contribution >= 0.6 is 0 Å². The summed E-state index contributed by atoms with van der Waals surface area (Å²) >= 11 is 0. The quantitative estimate of drug-likeness (QED) is 0.202. The number of nitro groups is 1. The third-order valence-electron chi connectivity index (χ3n) is 5.86. The zero-order chi connectivity index (χ0) is 23.1. The van der Waals surface area contributed by atoms with Crippen LogP contribution in [0.25, 0.3) is 16.7 Å². The van der Waals surface area contributed by atoms with Crippen LogP contribution in [0.15, 0.2) is 108 Å². The molecule has 0 unspecified atom stereocenters. The van der Waals surface area contributed by atoms with Gasteiger partial charge in [-0.3, -0.25) is 15.5 Å². The maximum Gasteiger partial charge on any atom is 0.275 e. The number of nitro benzene ring substituents is 1. The summed E-state index contributed by atoms with van der Waals surface area (Å²) in [5.74, 6) is 0. The molecule has 34 heavy (non-hydrogen) atoms. The van der Waals surface area contributed by atoms with Gasteiger partial charge in [0.1, 0.15) is 11.0 Å². The predicted molar refractivity (Wildman–Crippen MR) is 132 cm³/mol. The van der Waals surface area contributed by atoms with Crippen LogP contribution in [-0.2, 0) is 6.42 Å². The number of anilines is 1. The molecule has 0 bridgehead atoms. The van der Waals surface area contributed by atoms with E-state index in [-0.39, 0.29) is 10.6 Å². The number of para-hydroxylation sites is 2. The maximum absolute atomic E-state index is 12.0. The summed E-state index contributed by atoms with van der Waals surface area (Å²) in [4.78, 5) is 13.7. The number of nitrogens with zero attached hydrogens (tertiary/aromatic N) is 5. The van der Waals surface area contributed by atoms with E-state index in [2.05, 4.69) is 10.5 Å². The van der Waals surface area contributed by atoms with Crippen molar-refractivity contribution in [2.45, 2.75) is 6.42 Å². The van der Waals surface area contributed by atoms with Gasteiger partial charge in [-0.1, -0.05) is 66.7 Å². The van der Waals surface area contributed by atoms with Crippen molar-refractivity contribution < 1.29 is 4.92 Å². The van der Waals surface area contributed by atoms with Gasteiger partial charge in [-0.15, -0.1) is 9.26 Å². The van der Waals surface area contributed by atoms with Crippen LogP contribution in [-0.4, -0.2) is 24.7 Å². The van der Waals surface area contributed by atoms with Crippen molar-refractivity contribution in [2.24, 2.45) is 5.10 Å². The van der Waals surface area contributed by atoms with Crippen LogP contribution in [0, 0.1) is 10.1 Å². The molecule has 6 aromatic rings. The van der Waals surface area contributed by atoms with Gasteiger partial charge in [0, 0.05) is 18.1 Å². The SMILES string of the molecule is O=[N+]([O-])c1cc2c(cc1CC(=NNc1ccccc1)c1ccccc1)n1n(-c3ccccc3)n21. The third kappa shape index (κ3) is 3.38. The van der Waals surface area contributed by atoms with Gasteiger partial charge in [-0.05, 0) is 35.9 Å². The van der Waals surface area contributed by atoms with Crippen molar-refractivity contribution >= 4 is 28.1 Å². The predicted octanol–water partition coefficient (Wildman–Crippen LogP) is 5.39. The number of benzene rings is 4. The number of hydrazone groups is 1. The molecule has 0 aliphatic carbocycles. The zero-order valence-electron chi connectivity index (χ0n) is 18.1. The number of rotatable bonds is 7. The summed E-state index contributed by atoms with van der Waals surface area (Å²) < 4.78 is 3.92. The molecule has 2 heterocycles. The molecule has 0 saturated carbocycles. The highest BCUT2D eigenvalue weighted by molar-refractivity contribution is 6.03. The van der Waals surface area contributed by atoms with Gasteiger partial charge in [0.15, 0.2) is 0 Å². The lowest BCUT2D eigenvalue weighted by molar-refractivity contribution is -0.385. The van der Waals surface area contributed by atoms with E-state index < -0.39 is 0 Å². The van der Waals surface area contributed by atoms with Gasteiger partial charge in [0.25, 0.3) is 5.69 Å². The Kier molecular flexibility index (Phi) is 4.62. The van der Waals surface area contributed by atoms with E-state index in [1.807, 2.05) is 111 Å². The first kappa shape index (κ1) is 19.8. The average molecular weight is 448 g/mol. The first-order chi connectivity index (χ1) is 16.7. The van der Waals surface area contributed by atoms with Crippen LogP contribution in [0.3, 0.4) is 0 Å². The molecule has 0 spiro atoms. The molecule has 166 valence electrons. The molecule has 2 aromatic heterocycles. The summed E-state index contributed by atoms with van der Waals surface area (Å²) in [7, 11) is 0. The van der Waals surface area contributed by atoms with Crippen molar-refractivity contribution in [1.29, 1.82) is 0 Å². The second-order valence-corrected chi connectivity index (χ2v) is 8.01. The molecule has 8 heteroatoms. The van der Waals surface area contributed by atoms with Crippen molar-refractivity contribution in [2.75, 3.05) is 5.43 Å². The second-order valence-electron chi connectivity index (χ2n) is 8.01. The second kappa shape index (κ2) is 7.93. The molecule has 0 aliphatic heterocycles. The molecule has 0 radical (unpaired) electrons. The van der Waals surface area contributed by atoms with Crippen LogP contribution in [0.1, 0.15) is 11.1 Å². The highest BCUT2D eigenvalue weighted by Gasteiger charge is 2.28. The fourth-order valence-corrected chi connectivity index (χ4v) is 4.17. The van der Waals surface area contributed by atoms with Gasteiger partial charge in [-0.2, -0.15) is 9.90 Å². The minimum atomic E-state index is -0.318. The first-order valence-electron chi connectivity index (χ1n) is 10.9. The van der Waals surface area contributed by atoms with Crippen molar-refractivity contribution in [3.63, 3.8) is 0 Å². The summed E-state index contributed by atoms with van der Waals surface area (Å²) in [6.07, 6.45) is 0.312. The summed E-state index contributed by atoms with van der Waals surface area (Å²) in [5.41, 5.74) is 9.01. The van der Waals surface area contributed by atoms with Gasteiger partial charge in [-0.25, -0.2) is 0 Å². The fraction of sp³-hybridized carbons (Fsp3) is 0.0385. The molecule has 6 rings (SSSR count). The lowest BCUT2D eigenvalue weighted by atomic mass is 10.00. The molecule has 8 nitrogen and oxygen atoms in total. The number of hydrogen-bond acceptors (Lipinski definition) is 4. The topological polar surface area (TPSA) is 81.3 Å². The van der Waals surface area contributed by atoms with Crippen molar-refractivity contribution in [3.8, 4) is 5.69 Å². The largest absolute Gasteiger partial charge is 0.278 e. The molecule has 1 N–H and O–H groups in total. The molecule has 4 aromatic carbocycles. The monoisotopic (exact) mass is 448 g/mol. The van der Waals surface area contributed by atoms with Gasteiger partial charge in [0.05, 0.1) is 22.0 Å². The van der Waals surface area contributed by atoms with Gasteiger partial charge in [0.2, 0.25) is 0 Å². The van der Waals surface area contributed by atoms with E-state index >= 15 is 0 Å². The molecule has 0 aliphatic rings. The van der Waals surface area contributed by atoms with Crippen LogP contribution in [0.5, 0.6) is 0 Å². The van der Waals surface area contributed by atoms with E-state index in [0.717, 1.165) is 33.7 Å². The molecule has 0 saturated heterocycles. The van der Waals surface area contributed by atoms with E-state index in [0.29, 0.717) is 12.0 Å². The van der Waals surface area contributed by atoms with Crippen molar-refractivity contribution in [1.82, 2.24) is 14.1 Å². The van der Waals surface area contributed by atoms with E-state index in [9.17, 15) is 10.1 Å². The molecular formula is C26H20N6O2. The lowest BCUT2D eigenvalue weighted by Gasteiger charge is -2.10. The number of nitrogens with one attached hydrogen (secondary N) is 1. The van der Waals surface area contributed by atoms with Gasteiger partial charge < -0.3 is 0 Å². The Bertz CT molecular complexity index is 1610. The first-order valence-corrected chi connectivity index (χ1v) is 10.9. The van der Waals surface area contributed by atoms with Crippen LogP contribution < -0.4 is 5.43 Å². The molecule has 0 amide bonds. The number of aromatic nitrogens is 3. The molecule has 0 atom stereocenters. The Morgan fingerprint density at radius 3 is 2.06 bits per heavy atom. The standard InChI is InChI=1S/C26H20N6O2/c33-32(34)24-18-26-25(30-29(31(26)30)22-14-8-3-9-15-22)17-20(24)16-23(19-10-4-1-5-11-19)28-27-21-12-6-2-7-13-21/h1-15,17-18,27H,16H2. The van der Waals surface area contributed by atoms with Crippen molar-refractivity contribution in [3.05, 3.63) is 124 Å². The van der Waals surface area contributed by atoms with E-state index in [1.165, 1.54) is 0 Å². The van der Waals surface area contributed by atoms with E-state index in [4.69, 9.17) is 0 Å². The zero-order valence-corrected chi connectivity index (χ0v) is 18.1. The third-order valence-corrected chi connectivity index (χ3v) is 5.86. The summed E-state index contributed by atoms with van der Waals surface area (Å²) in [6.45, 7) is 0. The van der Waals surface area contributed by atoms with Crippen LogP contribution in [0.2, 0.25) is 0 Å². The normalized spacial score (nSPS) is 12.1. The fourth-order valence-electron chi connectivity index (χ4n) is 4.17. The minimum absolute atomic E-state index is 0.0849. The number of fused-ring (bicyclic) bond motifs is 4. The molecule has 0 fully saturated rings. The average Bonchev–Trinajstić information content (AvgIpc) is 3.56. The Hall–Kier alpha value is -4.85. The highest BCUT2D eigenvalue weighted by atomic mass is 16.6. The lowest BCUT2D eigenvalue weighted by Crippen LogP contribution is -2.10. The Labute approximate surface area is 194 Å². The van der Waals surface area contributed by atoms with E-state index in [1.54, 1.807) is 6.07 Å². The number of hydrogen-bond donors (Lipinski definition) is 1. The maximum atomic E-state index is 12.0. The summed E-state index contributed by atoms with van der Waals surface area (Å²) in [6, 6.07) is 32.8. The molecular weight excluding hydrogens is 428 g/mol. The minimum Gasteiger partial charge on any atom is -0.278 e. The van der Waals surface area contributed by atoms with Crippen LogP contribution in [0.4, 0.5) is 11.4 Å². The smallest absolute Gasteiger partial charge is 0.275 e. The Morgan fingerprint density at radius 2 is 1.41 bits per heavy atom. The summed E-state index contributed by atoms with van der Waals surface area (Å²) in [5, 5.41) is 16.6. The Morgan fingerprint density at radius 1 is 0.824 bits per heavy atom.